The molecule has 30 heavy (non-hydrogen) atoms. The van der Waals surface area contributed by atoms with E-state index in [4.69, 9.17) is 0 Å². The molecule has 0 saturated heterocycles. The first-order valence-electron chi connectivity index (χ1n) is 12.8. The Kier molecular flexibility index (Phi) is 5.97. The van der Waals surface area contributed by atoms with E-state index < -0.39 is 0 Å². The zero-order valence-electron chi connectivity index (χ0n) is 20.2. The predicted molar refractivity (Wildman–Crippen MR) is 127 cm³/mol. The van der Waals surface area contributed by atoms with Gasteiger partial charge >= 0.3 is 0 Å². The molecule has 4 rings (SSSR count). The summed E-state index contributed by atoms with van der Waals surface area (Å²) in [6, 6.07) is 0. The lowest BCUT2D eigenvalue weighted by molar-refractivity contribution is -0.117. The third kappa shape index (κ3) is 3.49. The van der Waals surface area contributed by atoms with E-state index in [2.05, 4.69) is 53.3 Å². The average molecular weight is 409 g/mol. The molecule has 1 nitrogen and oxygen atoms in total. The monoisotopic (exact) mass is 408 g/mol. The molecule has 166 valence electrons. The molecule has 4 aliphatic carbocycles. The standard InChI is InChI=1S/C29H44O/c1-7-21(19(2)3)9-8-20(4)25-12-13-26-24-11-10-22-18-23(30)14-16-28(22,5)27(24)15-17-29(25,26)6/h8-9,18,20-21,24-27H,2,7,10-17H2,1,3-6H3/b9-8+/t20-,21-,24-,25+,26-,27-,28-,29+/m0/s1. The van der Waals surface area contributed by atoms with Crippen LogP contribution in [0.2, 0.25) is 0 Å². The van der Waals surface area contributed by atoms with E-state index >= 15 is 0 Å². The quantitative estimate of drug-likeness (QED) is 0.422. The van der Waals surface area contributed by atoms with E-state index in [1.165, 1.54) is 49.7 Å². The highest BCUT2D eigenvalue weighted by atomic mass is 16.1. The second kappa shape index (κ2) is 8.10. The van der Waals surface area contributed by atoms with Crippen LogP contribution in [0.5, 0.6) is 0 Å². The first-order valence-corrected chi connectivity index (χ1v) is 12.8. The van der Waals surface area contributed by atoms with E-state index in [-0.39, 0.29) is 0 Å². The highest BCUT2D eigenvalue weighted by Crippen LogP contribution is 2.67. The van der Waals surface area contributed by atoms with Crippen molar-refractivity contribution in [1.29, 1.82) is 0 Å². The van der Waals surface area contributed by atoms with Gasteiger partial charge in [-0.2, -0.15) is 0 Å². The Balaban J connectivity index is 1.53. The minimum absolute atomic E-state index is 0.303. The van der Waals surface area contributed by atoms with Gasteiger partial charge in [0.2, 0.25) is 0 Å². The van der Waals surface area contributed by atoms with E-state index in [0.29, 0.717) is 28.4 Å². The van der Waals surface area contributed by atoms with Crippen molar-refractivity contribution in [3.05, 3.63) is 36.0 Å². The molecule has 0 aliphatic heterocycles. The SMILES string of the molecule is C=C(C)[C@H](/C=C/[C@H](C)[C@H]1CC[C@H]2[C@@H]3CCC4=CC(=O)CC[C@]4(C)[C@H]3CC[C@]12C)CC. The molecule has 0 aromatic rings. The van der Waals surface area contributed by atoms with E-state index in [1.807, 2.05) is 6.08 Å². The van der Waals surface area contributed by atoms with Crippen LogP contribution in [0.15, 0.2) is 36.0 Å². The summed E-state index contributed by atoms with van der Waals surface area (Å²) in [5.74, 6) is 4.96. The van der Waals surface area contributed by atoms with Crippen molar-refractivity contribution in [2.45, 2.75) is 92.4 Å². The molecule has 0 N–H and O–H groups in total. The number of carbonyl (C=O) groups is 1. The third-order valence-corrected chi connectivity index (χ3v) is 10.4. The summed E-state index contributed by atoms with van der Waals surface area (Å²) >= 11 is 0. The fourth-order valence-corrected chi connectivity index (χ4v) is 8.56. The lowest BCUT2D eigenvalue weighted by atomic mass is 9.46. The molecule has 3 fully saturated rings. The number of rotatable bonds is 5. The maximum absolute atomic E-state index is 12.1. The fraction of sp³-hybridized carbons (Fsp3) is 0.759. The summed E-state index contributed by atoms with van der Waals surface area (Å²) in [5, 5.41) is 0. The molecule has 8 atom stereocenters. The third-order valence-electron chi connectivity index (χ3n) is 10.4. The highest BCUT2D eigenvalue weighted by Gasteiger charge is 2.59. The summed E-state index contributed by atoms with van der Waals surface area (Å²) in [6.07, 6.45) is 18.1. The van der Waals surface area contributed by atoms with Crippen LogP contribution in [0, 0.1) is 46.3 Å². The van der Waals surface area contributed by atoms with E-state index in [9.17, 15) is 4.79 Å². The van der Waals surface area contributed by atoms with Gasteiger partial charge in [0, 0.05) is 6.42 Å². The molecule has 0 bridgehead atoms. The van der Waals surface area contributed by atoms with Gasteiger partial charge < -0.3 is 0 Å². The van der Waals surface area contributed by atoms with Gasteiger partial charge in [-0.1, -0.05) is 57.6 Å². The van der Waals surface area contributed by atoms with Crippen molar-refractivity contribution < 1.29 is 4.79 Å². The van der Waals surface area contributed by atoms with Gasteiger partial charge in [0.25, 0.3) is 0 Å². The highest BCUT2D eigenvalue weighted by molar-refractivity contribution is 5.91. The van der Waals surface area contributed by atoms with Crippen LogP contribution in [0.3, 0.4) is 0 Å². The zero-order chi connectivity index (χ0) is 21.7. The summed E-state index contributed by atoms with van der Waals surface area (Å²) in [4.78, 5) is 12.1. The minimum atomic E-state index is 0.303. The van der Waals surface area contributed by atoms with Crippen molar-refractivity contribution in [3.63, 3.8) is 0 Å². The van der Waals surface area contributed by atoms with Gasteiger partial charge in [0.05, 0.1) is 0 Å². The number of carbonyl (C=O) groups excluding carboxylic acids is 1. The topological polar surface area (TPSA) is 17.1 Å². The molecule has 0 radical (unpaired) electrons. The first-order chi connectivity index (χ1) is 14.2. The van der Waals surface area contributed by atoms with E-state index in [1.54, 1.807) is 0 Å². The van der Waals surface area contributed by atoms with Crippen molar-refractivity contribution in [2.75, 3.05) is 0 Å². The van der Waals surface area contributed by atoms with Crippen LogP contribution in [0.4, 0.5) is 0 Å². The maximum Gasteiger partial charge on any atom is 0.155 e. The van der Waals surface area contributed by atoms with E-state index in [0.717, 1.165) is 42.9 Å². The molecule has 0 heterocycles. The van der Waals surface area contributed by atoms with Gasteiger partial charge in [-0.3, -0.25) is 4.79 Å². The smallest absolute Gasteiger partial charge is 0.155 e. The number of hydrogen-bond acceptors (Lipinski definition) is 1. The average Bonchev–Trinajstić information content (AvgIpc) is 3.06. The Hall–Kier alpha value is -1.11. The van der Waals surface area contributed by atoms with Crippen molar-refractivity contribution in [2.24, 2.45) is 46.3 Å². The summed E-state index contributed by atoms with van der Waals surface area (Å²) < 4.78 is 0. The minimum Gasteiger partial charge on any atom is -0.295 e. The van der Waals surface area contributed by atoms with Crippen LogP contribution >= 0.6 is 0 Å². The summed E-state index contributed by atoms with van der Waals surface area (Å²) in [7, 11) is 0. The van der Waals surface area contributed by atoms with Crippen LogP contribution in [-0.2, 0) is 4.79 Å². The molecule has 0 aromatic heterocycles. The number of hydrogen-bond donors (Lipinski definition) is 0. The molecule has 0 unspecified atom stereocenters. The van der Waals surface area contributed by atoms with Crippen LogP contribution in [-0.4, -0.2) is 5.78 Å². The van der Waals surface area contributed by atoms with Gasteiger partial charge in [-0.25, -0.2) is 0 Å². The molecule has 3 saturated carbocycles. The molecule has 4 aliphatic rings. The van der Waals surface area contributed by atoms with Crippen LogP contribution < -0.4 is 0 Å². The molecule has 0 amide bonds. The fourth-order valence-electron chi connectivity index (χ4n) is 8.56. The number of allylic oxidation sites excluding steroid dienone is 4. The van der Waals surface area contributed by atoms with Crippen LogP contribution in [0.1, 0.15) is 92.4 Å². The van der Waals surface area contributed by atoms with Gasteiger partial charge in [0.1, 0.15) is 0 Å². The Labute approximate surface area is 185 Å². The van der Waals surface area contributed by atoms with Gasteiger partial charge in [-0.05, 0) is 111 Å². The van der Waals surface area contributed by atoms with Crippen molar-refractivity contribution in [1.82, 2.24) is 0 Å². The Morgan fingerprint density at radius 2 is 1.90 bits per heavy atom. The van der Waals surface area contributed by atoms with Crippen LogP contribution in [0.25, 0.3) is 0 Å². The predicted octanol–water partition coefficient (Wildman–Crippen LogP) is 7.93. The Morgan fingerprint density at radius 1 is 1.13 bits per heavy atom. The zero-order valence-corrected chi connectivity index (χ0v) is 20.2. The summed E-state index contributed by atoms with van der Waals surface area (Å²) in [5.41, 5.74) is 3.59. The molecular weight excluding hydrogens is 364 g/mol. The normalized spacial score (nSPS) is 42.8. The van der Waals surface area contributed by atoms with Gasteiger partial charge in [0.15, 0.2) is 5.78 Å². The second-order valence-electron chi connectivity index (χ2n) is 11.8. The number of fused-ring (bicyclic) bond motifs is 5. The Morgan fingerprint density at radius 3 is 2.60 bits per heavy atom. The summed E-state index contributed by atoms with van der Waals surface area (Å²) in [6.45, 7) is 16.3. The lowest BCUT2D eigenvalue weighted by Crippen LogP contribution is -2.50. The Bertz CT molecular complexity index is 756. The first kappa shape index (κ1) is 22.1. The molecular formula is C29H44O. The molecule has 0 spiro atoms. The van der Waals surface area contributed by atoms with Gasteiger partial charge in [-0.15, -0.1) is 0 Å². The lowest BCUT2D eigenvalue weighted by Gasteiger charge is -2.58. The number of ketones is 1. The van der Waals surface area contributed by atoms with Crippen molar-refractivity contribution in [3.8, 4) is 0 Å². The largest absolute Gasteiger partial charge is 0.295 e. The maximum atomic E-state index is 12.1. The molecule has 1 heteroatoms. The molecule has 0 aromatic carbocycles. The van der Waals surface area contributed by atoms with Crippen molar-refractivity contribution >= 4 is 5.78 Å². The second-order valence-corrected chi connectivity index (χ2v) is 11.8.